The first-order valence-electron chi connectivity index (χ1n) is 5.58. The summed E-state index contributed by atoms with van der Waals surface area (Å²) in [6.07, 6.45) is 0. The van der Waals surface area contributed by atoms with Crippen LogP contribution < -0.4 is 10.1 Å². The molecule has 98 valence electrons. The molecule has 0 aromatic heterocycles. The zero-order valence-electron chi connectivity index (χ0n) is 9.90. The zero-order chi connectivity index (χ0) is 13.7. The van der Waals surface area contributed by atoms with Gasteiger partial charge in [-0.05, 0) is 30.3 Å². The van der Waals surface area contributed by atoms with Gasteiger partial charge < -0.3 is 10.1 Å². The van der Waals surface area contributed by atoms with E-state index in [4.69, 9.17) is 16.3 Å². The van der Waals surface area contributed by atoms with Crippen LogP contribution in [-0.4, -0.2) is 12.5 Å². The summed E-state index contributed by atoms with van der Waals surface area (Å²) in [4.78, 5) is 11.7. The lowest BCUT2D eigenvalue weighted by atomic mass is 10.3. The summed E-state index contributed by atoms with van der Waals surface area (Å²) >= 11 is 9.30. The van der Waals surface area contributed by atoms with Crippen LogP contribution in [0.3, 0.4) is 0 Å². The Kier molecular flexibility index (Phi) is 4.82. The average molecular weight is 341 g/mol. The summed E-state index contributed by atoms with van der Waals surface area (Å²) in [7, 11) is 0. The highest BCUT2D eigenvalue weighted by molar-refractivity contribution is 9.10. The minimum absolute atomic E-state index is 0.0626. The van der Waals surface area contributed by atoms with E-state index in [1.165, 1.54) is 0 Å². The predicted octanol–water partition coefficient (Wildman–Crippen LogP) is 4.12. The van der Waals surface area contributed by atoms with Crippen LogP contribution in [0.25, 0.3) is 0 Å². The van der Waals surface area contributed by atoms with Crippen molar-refractivity contribution in [3.05, 3.63) is 58.0 Å². The fourth-order valence-electron chi connectivity index (χ4n) is 1.45. The van der Waals surface area contributed by atoms with Crippen molar-refractivity contribution in [1.29, 1.82) is 0 Å². The molecule has 0 radical (unpaired) electrons. The number of anilines is 1. The van der Waals surface area contributed by atoms with E-state index in [1.54, 1.807) is 30.3 Å². The maximum Gasteiger partial charge on any atom is 0.262 e. The molecule has 0 spiro atoms. The highest BCUT2D eigenvalue weighted by Crippen LogP contribution is 2.25. The predicted molar refractivity (Wildman–Crippen MR) is 79.7 cm³/mol. The lowest BCUT2D eigenvalue weighted by Crippen LogP contribution is -2.20. The molecule has 0 aliphatic carbocycles. The first-order chi connectivity index (χ1) is 9.15. The number of para-hydroxylation sites is 1. The van der Waals surface area contributed by atoms with Crippen molar-refractivity contribution in [3.63, 3.8) is 0 Å². The van der Waals surface area contributed by atoms with Crippen LogP contribution in [0.4, 0.5) is 5.69 Å². The molecule has 2 aromatic rings. The largest absolute Gasteiger partial charge is 0.484 e. The first-order valence-corrected chi connectivity index (χ1v) is 6.75. The smallest absolute Gasteiger partial charge is 0.262 e. The Balaban J connectivity index is 1.93. The zero-order valence-corrected chi connectivity index (χ0v) is 12.2. The van der Waals surface area contributed by atoms with Crippen molar-refractivity contribution in [1.82, 2.24) is 0 Å². The molecule has 3 nitrogen and oxygen atoms in total. The third-order valence-corrected chi connectivity index (χ3v) is 3.14. The molecule has 5 heteroatoms. The topological polar surface area (TPSA) is 38.3 Å². The third kappa shape index (κ3) is 4.26. The van der Waals surface area contributed by atoms with Crippen LogP contribution >= 0.6 is 27.5 Å². The Morgan fingerprint density at radius 3 is 2.68 bits per heavy atom. The number of amides is 1. The van der Waals surface area contributed by atoms with Crippen LogP contribution in [-0.2, 0) is 4.79 Å². The van der Waals surface area contributed by atoms with E-state index in [9.17, 15) is 4.79 Å². The fourth-order valence-corrected chi connectivity index (χ4v) is 1.97. The second-order valence-corrected chi connectivity index (χ2v) is 5.10. The Bertz CT molecular complexity index is 575. The molecule has 0 fully saturated rings. The maximum atomic E-state index is 11.7. The number of halogens is 2. The molecule has 2 aromatic carbocycles. The Morgan fingerprint density at radius 2 is 1.95 bits per heavy atom. The van der Waals surface area contributed by atoms with Crippen molar-refractivity contribution < 1.29 is 9.53 Å². The number of rotatable bonds is 4. The van der Waals surface area contributed by atoms with Crippen molar-refractivity contribution in [2.75, 3.05) is 11.9 Å². The molecule has 0 aliphatic heterocycles. The van der Waals surface area contributed by atoms with Crippen LogP contribution in [0.15, 0.2) is 53.0 Å². The van der Waals surface area contributed by atoms with Crippen molar-refractivity contribution >= 4 is 39.1 Å². The average Bonchev–Trinajstić information content (AvgIpc) is 2.42. The number of hydrogen-bond acceptors (Lipinski definition) is 2. The molecule has 0 unspecified atom stereocenters. The van der Waals surface area contributed by atoms with E-state index in [0.717, 1.165) is 4.47 Å². The summed E-state index contributed by atoms with van der Waals surface area (Å²) in [6.45, 7) is -0.0626. The molecule has 0 atom stereocenters. The van der Waals surface area contributed by atoms with Gasteiger partial charge in [0.1, 0.15) is 5.75 Å². The van der Waals surface area contributed by atoms with Gasteiger partial charge in [-0.2, -0.15) is 0 Å². The molecule has 0 saturated heterocycles. The normalized spacial score (nSPS) is 10.0. The van der Waals surface area contributed by atoms with Gasteiger partial charge in [-0.15, -0.1) is 0 Å². The molecule has 0 aliphatic rings. The summed E-state index contributed by atoms with van der Waals surface area (Å²) in [6, 6.07) is 14.4. The SMILES string of the molecule is O=C(COc1ccccc1)Nc1cc(Br)ccc1Cl. The van der Waals surface area contributed by atoms with Crippen LogP contribution in [0.5, 0.6) is 5.75 Å². The van der Waals surface area contributed by atoms with Crippen LogP contribution in [0, 0.1) is 0 Å². The van der Waals surface area contributed by atoms with Gasteiger partial charge in [-0.3, -0.25) is 4.79 Å². The molecule has 1 N–H and O–H groups in total. The van der Waals surface area contributed by atoms with Gasteiger partial charge in [-0.25, -0.2) is 0 Å². The Morgan fingerprint density at radius 1 is 1.21 bits per heavy atom. The standard InChI is InChI=1S/C14H11BrClNO2/c15-10-6-7-12(16)13(8-10)17-14(18)9-19-11-4-2-1-3-5-11/h1-8H,9H2,(H,17,18). The van der Waals surface area contributed by atoms with Gasteiger partial charge in [0.25, 0.3) is 5.91 Å². The third-order valence-electron chi connectivity index (χ3n) is 2.32. The monoisotopic (exact) mass is 339 g/mol. The second-order valence-electron chi connectivity index (χ2n) is 3.77. The van der Waals surface area contributed by atoms with E-state index in [0.29, 0.717) is 16.5 Å². The Hall–Kier alpha value is -1.52. The lowest BCUT2D eigenvalue weighted by molar-refractivity contribution is -0.118. The number of hydrogen-bond donors (Lipinski definition) is 1. The van der Waals surface area contributed by atoms with E-state index in [1.807, 2.05) is 18.2 Å². The summed E-state index contributed by atoms with van der Waals surface area (Å²) in [5, 5.41) is 3.18. The maximum absolute atomic E-state index is 11.7. The first kappa shape index (κ1) is 13.9. The van der Waals surface area contributed by atoms with Gasteiger partial charge in [0, 0.05) is 4.47 Å². The molecule has 1 amide bonds. The van der Waals surface area contributed by atoms with Gasteiger partial charge in [0.15, 0.2) is 6.61 Å². The molecular formula is C14H11BrClNO2. The van der Waals surface area contributed by atoms with Crippen molar-refractivity contribution in [3.8, 4) is 5.75 Å². The molecule has 0 bridgehead atoms. The highest BCUT2D eigenvalue weighted by atomic mass is 79.9. The van der Waals surface area contributed by atoms with Gasteiger partial charge >= 0.3 is 0 Å². The van der Waals surface area contributed by atoms with E-state index < -0.39 is 0 Å². The molecular weight excluding hydrogens is 330 g/mol. The van der Waals surface area contributed by atoms with Gasteiger partial charge in [-0.1, -0.05) is 45.7 Å². The van der Waals surface area contributed by atoms with E-state index >= 15 is 0 Å². The highest BCUT2D eigenvalue weighted by Gasteiger charge is 2.07. The van der Waals surface area contributed by atoms with Crippen LogP contribution in [0.1, 0.15) is 0 Å². The number of carbonyl (C=O) groups excluding carboxylic acids is 1. The fraction of sp³-hybridized carbons (Fsp3) is 0.0714. The minimum atomic E-state index is -0.260. The molecule has 0 saturated carbocycles. The lowest BCUT2D eigenvalue weighted by Gasteiger charge is -2.09. The molecule has 19 heavy (non-hydrogen) atoms. The number of carbonyl (C=O) groups is 1. The second kappa shape index (κ2) is 6.59. The molecule has 0 heterocycles. The van der Waals surface area contributed by atoms with Gasteiger partial charge in [0.2, 0.25) is 0 Å². The van der Waals surface area contributed by atoms with Gasteiger partial charge in [0.05, 0.1) is 10.7 Å². The number of ether oxygens (including phenoxy) is 1. The van der Waals surface area contributed by atoms with E-state index in [-0.39, 0.29) is 12.5 Å². The summed E-state index contributed by atoms with van der Waals surface area (Å²) in [5.74, 6) is 0.391. The van der Waals surface area contributed by atoms with Crippen molar-refractivity contribution in [2.24, 2.45) is 0 Å². The minimum Gasteiger partial charge on any atom is -0.484 e. The quantitative estimate of drug-likeness (QED) is 0.909. The Labute approximate surface area is 124 Å². The number of nitrogens with one attached hydrogen (secondary N) is 1. The number of benzene rings is 2. The summed E-state index contributed by atoms with van der Waals surface area (Å²) < 4.78 is 6.19. The van der Waals surface area contributed by atoms with Crippen LogP contribution in [0.2, 0.25) is 5.02 Å². The van der Waals surface area contributed by atoms with E-state index in [2.05, 4.69) is 21.2 Å². The summed E-state index contributed by atoms with van der Waals surface area (Å²) in [5.41, 5.74) is 0.553. The molecule has 2 rings (SSSR count). The van der Waals surface area contributed by atoms with Crippen molar-refractivity contribution in [2.45, 2.75) is 0 Å².